The molecule has 2 amide bonds. The maximum atomic E-state index is 13.8. The SMILES string of the molecule is C[C@H](Cc1ccccc1)NC(=O)c1cc(-c2ccc(Cl)c(CN3OC[C@@H]([C@H](C)O)[C@H]3C(=O)NC[C@@H](C)[C@@H]3C[C@H](C)C3(C)C)c2)cc(N(C)C)c1. The van der Waals surface area contributed by atoms with Gasteiger partial charge in [0, 0.05) is 48.9 Å². The van der Waals surface area contributed by atoms with E-state index >= 15 is 0 Å². The van der Waals surface area contributed by atoms with Crippen LogP contribution in [-0.4, -0.2) is 67.4 Å². The third-order valence-electron chi connectivity index (χ3n) is 11.3. The second-order valence-electron chi connectivity index (χ2n) is 15.5. The molecule has 1 saturated carbocycles. The van der Waals surface area contributed by atoms with Crippen molar-refractivity contribution in [2.45, 2.75) is 79.1 Å². The molecule has 0 aromatic heterocycles. The van der Waals surface area contributed by atoms with Gasteiger partial charge in [-0.2, -0.15) is 5.06 Å². The summed E-state index contributed by atoms with van der Waals surface area (Å²) in [6, 6.07) is 21.0. The summed E-state index contributed by atoms with van der Waals surface area (Å²) >= 11 is 6.77. The number of amides is 2. The number of benzene rings is 3. The fraction of sp³-hybridized carbons (Fsp3) is 0.512. The standard InChI is InChI=1S/C41H55ClN4O4/c1-25(36-16-26(2)41(36,5)6)22-43-40(49)38-35(28(4)47)24-50-46(38)23-33-18-30(14-15-37(33)42)31-19-32(21-34(20-31)45(7)8)39(48)44-27(3)17-29-12-10-9-11-13-29/h9-15,18-21,25-28,35-36,38,47H,16-17,22-24H2,1-8H3,(H,43,49)(H,44,48)/t25-,26+,27-,28+,35+,36+,38+/m1/s1. The molecule has 8 nitrogen and oxygen atoms in total. The van der Waals surface area contributed by atoms with E-state index in [-0.39, 0.29) is 42.3 Å². The lowest BCUT2D eigenvalue weighted by molar-refractivity contribution is -0.157. The van der Waals surface area contributed by atoms with Gasteiger partial charge in [0.05, 0.1) is 19.3 Å². The maximum absolute atomic E-state index is 13.8. The zero-order valence-electron chi connectivity index (χ0n) is 30.9. The fourth-order valence-electron chi connectivity index (χ4n) is 7.64. The number of aliphatic hydroxyl groups is 1. The van der Waals surface area contributed by atoms with Crippen LogP contribution in [0.15, 0.2) is 66.7 Å². The first kappa shape index (κ1) is 37.8. The number of hydrogen-bond donors (Lipinski definition) is 3. The number of nitrogens with one attached hydrogen (secondary N) is 2. The van der Waals surface area contributed by atoms with Crippen molar-refractivity contribution in [1.29, 1.82) is 0 Å². The molecule has 3 N–H and O–H groups in total. The lowest BCUT2D eigenvalue weighted by Gasteiger charge is -2.53. The Morgan fingerprint density at radius 1 is 1.04 bits per heavy atom. The van der Waals surface area contributed by atoms with E-state index in [9.17, 15) is 14.7 Å². The molecule has 1 heterocycles. The van der Waals surface area contributed by atoms with Crippen molar-refractivity contribution in [3.8, 4) is 11.1 Å². The highest BCUT2D eigenvalue weighted by molar-refractivity contribution is 6.31. The first-order valence-electron chi connectivity index (χ1n) is 18.0. The normalized spacial score (nSPS) is 23.4. The second-order valence-corrected chi connectivity index (χ2v) is 15.9. The zero-order valence-corrected chi connectivity index (χ0v) is 31.6. The molecule has 3 aromatic carbocycles. The highest BCUT2D eigenvalue weighted by atomic mass is 35.5. The topological polar surface area (TPSA) is 94.1 Å². The van der Waals surface area contributed by atoms with Crippen LogP contribution in [0.4, 0.5) is 5.69 Å². The number of carbonyl (C=O) groups excluding carboxylic acids is 2. The molecule has 0 radical (unpaired) electrons. The Bertz CT molecular complexity index is 1640. The van der Waals surface area contributed by atoms with Crippen molar-refractivity contribution in [2.24, 2.45) is 29.1 Å². The number of halogens is 1. The Labute approximate surface area is 303 Å². The van der Waals surface area contributed by atoms with Gasteiger partial charge in [0.25, 0.3) is 5.91 Å². The minimum atomic E-state index is -0.727. The summed E-state index contributed by atoms with van der Waals surface area (Å²) in [7, 11) is 3.91. The van der Waals surface area contributed by atoms with E-state index in [1.807, 2.05) is 74.4 Å². The fourth-order valence-corrected chi connectivity index (χ4v) is 7.82. The van der Waals surface area contributed by atoms with Crippen molar-refractivity contribution in [3.05, 3.63) is 88.4 Å². The third-order valence-corrected chi connectivity index (χ3v) is 11.7. The Hall–Kier alpha value is -3.43. The van der Waals surface area contributed by atoms with Crippen molar-refractivity contribution in [3.63, 3.8) is 0 Å². The smallest absolute Gasteiger partial charge is 0.251 e. The van der Waals surface area contributed by atoms with Crippen molar-refractivity contribution in [2.75, 3.05) is 32.1 Å². The van der Waals surface area contributed by atoms with Gasteiger partial charge in [-0.1, -0.05) is 75.7 Å². The molecule has 7 atom stereocenters. The number of hydroxylamine groups is 2. The van der Waals surface area contributed by atoms with Crippen molar-refractivity contribution >= 4 is 29.1 Å². The maximum Gasteiger partial charge on any atom is 0.251 e. The summed E-state index contributed by atoms with van der Waals surface area (Å²) in [6.07, 6.45) is 1.18. The molecule has 3 aromatic rings. The second kappa shape index (κ2) is 15.9. The first-order valence-corrected chi connectivity index (χ1v) is 18.3. The average Bonchev–Trinajstić information content (AvgIpc) is 3.51. The van der Waals surface area contributed by atoms with Crippen LogP contribution in [0.3, 0.4) is 0 Å². The van der Waals surface area contributed by atoms with E-state index < -0.39 is 12.1 Å². The van der Waals surface area contributed by atoms with Crippen LogP contribution in [0.2, 0.25) is 5.02 Å². The summed E-state index contributed by atoms with van der Waals surface area (Å²) in [6.45, 7) is 13.9. The summed E-state index contributed by atoms with van der Waals surface area (Å²) < 4.78 is 0. The van der Waals surface area contributed by atoms with Gasteiger partial charge in [-0.3, -0.25) is 14.4 Å². The molecule has 2 fully saturated rings. The molecule has 1 aliphatic heterocycles. The Balaban J connectivity index is 1.33. The van der Waals surface area contributed by atoms with Gasteiger partial charge in [0.15, 0.2) is 0 Å². The van der Waals surface area contributed by atoms with E-state index in [0.29, 0.717) is 34.9 Å². The first-order chi connectivity index (χ1) is 23.6. The van der Waals surface area contributed by atoms with Crippen LogP contribution >= 0.6 is 11.6 Å². The summed E-state index contributed by atoms with van der Waals surface area (Å²) in [5.41, 5.74) is 5.43. The zero-order chi connectivity index (χ0) is 36.3. The minimum absolute atomic E-state index is 0.0495. The van der Waals surface area contributed by atoms with Crippen LogP contribution in [0, 0.1) is 29.1 Å². The molecule has 0 bridgehead atoms. The molecule has 1 aliphatic carbocycles. The third kappa shape index (κ3) is 8.53. The number of anilines is 1. The van der Waals surface area contributed by atoms with E-state index in [2.05, 4.69) is 56.5 Å². The summed E-state index contributed by atoms with van der Waals surface area (Å²) in [5, 5.41) is 19.2. The number of hydrogen-bond acceptors (Lipinski definition) is 6. The van der Waals surface area contributed by atoms with Gasteiger partial charge in [0.2, 0.25) is 5.91 Å². The molecule has 50 heavy (non-hydrogen) atoms. The summed E-state index contributed by atoms with van der Waals surface area (Å²) in [4.78, 5) is 35.3. The molecular formula is C41H55ClN4O4. The molecule has 5 rings (SSSR count). The lowest BCUT2D eigenvalue weighted by atomic mass is 9.52. The summed E-state index contributed by atoms with van der Waals surface area (Å²) in [5.74, 6) is 0.906. The molecule has 0 unspecified atom stereocenters. The van der Waals surface area contributed by atoms with Crippen LogP contribution in [0.5, 0.6) is 0 Å². The monoisotopic (exact) mass is 702 g/mol. The van der Waals surface area contributed by atoms with Crippen LogP contribution in [0.1, 0.15) is 69.4 Å². The van der Waals surface area contributed by atoms with E-state index in [1.54, 1.807) is 12.0 Å². The molecule has 2 aliphatic rings. The van der Waals surface area contributed by atoms with E-state index in [4.69, 9.17) is 16.4 Å². The van der Waals surface area contributed by atoms with Gasteiger partial charge in [-0.15, -0.1) is 0 Å². The molecule has 270 valence electrons. The van der Waals surface area contributed by atoms with E-state index in [0.717, 1.165) is 28.8 Å². The number of rotatable bonds is 13. The van der Waals surface area contributed by atoms with Gasteiger partial charge >= 0.3 is 0 Å². The van der Waals surface area contributed by atoms with Gasteiger partial charge < -0.3 is 20.6 Å². The molecule has 0 spiro atoms. The highest BCUT2D eigenvalue weighted by Crippen LogP contribution is 2.54. The van der Waals surface area contributed by atoms with Gasteiger partial charge in [-0.25, -0.2) is 0 Å². The average molecular weight is 703 g/mol. The quantitative estimate of drug-likeness (QED) is 0.178. The van der Waals surface area contributed by atoms with Crippen LogP contribution < -0.4 is 15.5 Å². The number of aliphatic hydroxyl groups excluding tert-OH is 1. The highest BCUT2D eigenvalue weighted by Gasteiger charge is 2.48. The van der Waals surface area contributed by atoms with E-state index in [1.165, 1.54) is 12.0 Å². The Kier molecular flexibility index (Phi) is 12.0. The molecule has 1 saturated heterocycles. The molecular weight excluding hydrogens is 648 g/mol. The largest absolute Gasteiger partial charge is 0.393 e. The van der Waals surface area contributed by atoms with Crippen LogP contribution in [-0.2, 0) is 22.6 Å². The van der Waals surface area contributed by atoms with Gasteiger partial charge in [0.1, 0.15) is 6.04 Å². The predicted octanol–water partition coefficient (Wildman–Crippen LogP) is 6.98. The minimum Gasteiger partial charge on any atom is -0.393 e. The predicted molar refractivity (Wildman–Crippen MR) is 202 cm³/mol. The Morgan fingerprint density at radius 3 is 2.40 bits per heavy atom. The molecule has 9 heteroatoms. The number of nitrogens with zero attached hydrogens (tertiary/aromatic N) is 2. The van der Waals surface area contributed by atoms with Crippen molar-refractivity contribution in [1.82, 2.24) is 15.7 Å². The van der Waals surface area contributed by atoms with Crippen molar-refractivity contribution < 1.29 is 19.5 Å². The number of carbonyl (C=O) groups is 2. The lowest BCUT2D eigenvalue weighted by Crippen LogP contribution is -2.52. The van der Waals surface area contributed by atoms with Crippen LogP contribution in [0.25, 0.3) is 11.1 Å². The Morgan fingerprint density at radius 2 is 1.76 bits per heavy atom. The van der Waals surface area contributed by atoms with Gasteiger partial charge in [-0.05, 0) is 102 Å².